The van der Waals surface area contributed by atoms with E-state index in [1.165, 1.54) is 4.90 Å². The molecule has 0 aromatic heterocycles. The van der Waals surface area contributed by atoms with Crippen LogP contribution in [-0.4, -0.2) is 29.8 Å². The Morgan fingerprint density at radius 2 is 1.46 bits per heavy atom. The van der Waals surface area contributed by atoms with Gasteiger partial charge in [0.25, 0.3) is 5.91 Å². The smallest absolute Gasteiger partial charge is 0.251 e. The van der Waals surface area contributed by atoms with Crippen LogP contribution in [0.25, 0.3) is 0 Å². The predicted octanol–water partition coefficient (Wildman–Crippen LogP) is 2.42. The maximum absolute atomic E-state index is 12.5. The number of carbonyl (C=O) groups is 2. The van der Waals surface area contributed by atoms with Crippen LogP contribution in [0.5, 0.6) is 0 Å². The van der Waals surface area contributed by atoms with Crippen LogP contribution in [0.3, 0.4) is 0 Å². The minimum Gasteiger partial charge on any atom is -0.345 e. The van der Waals surface area contributed by atoms with Crippen molar-refractivity contribution in [3.05, 3.63) is 71.8 Å². The van der Waals surface area contributed by atoms with Crippen LogP contribution >= 0.6 is 0 Å². The number of nitriles is 2. The molecule has 130 valence electrons. The monoisotopic (exact) mass is 346 g/mol. The lowest BCUT2D eigenvalue weighted by atomic mass is 10.0. The molecule has 0 saturated heterocycles. The van der Waals surface area contributed by atoms with E-state index in [4.69, 9.17) is 10.5 Å². The molecule has 0 bridgehead atoms. The highest BCUT2D eigenvalue weighted by molar-refractivity contribution is 5.94. The fourth-order valence-corrected chi connectivity index (χ4v) is 2.48. The molecule has 0 unspecified atom stereocenters. The van der Waals surface area contributed by atoms with Gasteiger partial charge in [-0.2, -0.15) is 10.5 Å². The molecule has 6 nitrogen and oxygen atoms in total. The minimum atomic E-state index is -0.559. The van der Waals surface area contributed by atoms with Gasteiger partial charge in [0, 0.05) is 5.56 Å². The highest BCUT2D eigenvalue weighted by atomic mass is 16.2. The van der Waals surface area contributed by atoms with Crippen LogP contribution in [0.1, 0.15) is 28.4 Å². The molecule has 0 aliphatic rings. The zero-order valence-electron chi connectivity index (χ0n) is 14.1. The Morgan fingerprint density at radius 3 is 2.00 bits per heavy atom. The Morgan fingerprint density at radius 1 is 0.923 bits per heavy atom. The van der Waals surface area contributed by atoms with Gasteiger partial charge in [0.05, 0.1) is 24.6 Å². The molecule has 2 aromatic carbocycles. The number of hydrogen-bond donors (Lipinski definition) is 1. The molecule has 0 radical (unpaired) electrons. The summed E-state index contributed by atoms with van der Waals surface area (Å²) in [5, 5.41) is 20.5. The molecule has 0 fully saturated rings. The molecule has 1 N–H and O–H groups in total. The van der Waals surface area contributed by atoms with Gasteiger partial charge in [-0.05, 0) is 17.7 Å². The third-order valence-electron chi connectivity index (χ3n) is 3.80. The van der Waals surface area contributed by atoms with Crippen molar-refractivity contribution in [3.63, 3.8) is 0 Å². The summed E-state index contributed by atoms with van der Waals surface area (Å²) in [5.41, 5.74) is 1.27. The largest absolute Gasteiger partial charge is 0.345 e. The lowest BCUT2D eigenvalue weighted by molar-refractivity contribution is -0.130. The summed E-state index contributed by atoms with van der Waals surface area (Å²) in [5.74, 6) is -0.658. The van der Waals surface area contributed by atoms with Crippen molar-refractivity contribution in [1.82, 2.24) is 10.2 Å². The number of nitrogens with one attached hydrogen (secondary N) is 1. The van der Waals surface area contributed by atoms with Gasteiger partial charge in [-0.1, -0.05) is 48.5 Å². The molecule has 0 spiro atoms. The van der Waals surface area contributed by atoms with E-state index in [1.807, 2.05) is 48.5 Å². The van der Waals surface area contributed by atoms with Crippen LogP contribution in [0.15, 0.2) is 60.7 Å². The zero-order valence-corrected chi connectivity index (χ0v) is 14.1. The van der Waals surface area contributed by atoms with Crippen molar-refractivity contribution in [1.29, 1.82) is 10.5 Å². The number of carbonyl (C=O) groups excluding carboxylic acids is 2. The summed E-state index contributed by atoms with van der Waals surface area (Å²) in [6.45, 7) is -0.332. The number of nitrogens with zero attached hydrogens (tertiary/aromatic N) is 3. The number of amides is 2. The molecular weight excluding hydrogens is 328 g/mol. The van der Waals surface area contributed by atoms with Gasteiger partial charge in [0.1, 0.15) is 13.1 Å². The molecule has 0 aliphatic carbocycles. The van der Waals surface area contributed by atoms with Crippen molar-refractivity contribution >= 4 is 11.8 Å². The van der Waals surface area contributed by atoms with E-state index in [0.29, 0.717) is 5.56 Å². The SMILES string of the molecule is N#CCN(CC#N)C(=O)C[C@@H](NC(=O)c1ccccc1)c1ccccc1. The van der Waals surface area contributed by atoms with Gasteiger partial charge in [-0.15, -0.1) is 0 Å². The first-order valence-corrected chi connectivity index (χ1v) is 8.08. The summed E-state index contributed by atoms with van der Waals surface area (Å²) < 4.78 is 0. The van der Waals surface area contributed by atoms with Crippen molar-refractivity contribution in [2.24, 2.45) is 0 Å². The van der Waals surface area contributed by atoms with Gasteiger partial charge in [-0.3, -0.25) is 9.59 Å². The van der Waals surface area contributed by atoms with Crippen LogP contribution in [0.2, 0.25) is 0 Å². The quantitative estimate of drug-likeness (QED) is 0.779. The molecule has 0 saturated carbocycles. The first-order valence-electron chi connectivity index (χ1n) is 8.08. The van der Waals surface area contributed by atoms with E-state index in [9.17, 15) is 9.59 Å². The molecule has 26 heavy (non-hydrogen) atoms. The number of hydrogen-bond acceptors (Lipinski definition) is 4. The summed E-state index contributed by atoms with van der Waals surface area (Å²) in [7, 11) is 0. The third-order valence-corrected chi connectivity index (χ3v) is 3.80. The van der Waals surface area contributed by atoms with E-state index in [0.717, 1.165) is 5.56 Å². The molecular formula is C20H18N4O2. The summed E-state index contributed by atoms with van der Waals surface area (Å²) in [6.07, 6.45) is -0.0358. The third kappa shape index (κ3) is 5.19. The second-order valence-electron chi connectivity index (χ2n) is 5.57. The Balaban J connectivity index is 2.19. The predicted molar refractivity (Wildman–Crippen MR) is 95.5 cm³/mol. The van der Waals surface area contributed by atoms with Crippen molar-refractivity contribution < 1.29 is 9.59 Å². The van der Waals surface area contributed by atoms with Gasteiger partial charge in [-0.25, -0.2) is 0 Å². The van der Waals surface area contributed by atoms with E-state index in [2.05, 4.69) is 5.32 Å². The van der Waals surface area contributed by atoms with Crippen LogP contribution in [-0.2, 0) is 4.79 Å². The minimum absolute atomic E-state index is 0.0358. The topological polar surface area (TPSA) is 97.0 Å². The van der Waals surface area contributed by atoms with Gasteiger partial charge >= 0.3 is 0 Å². The van der Waals surface area contributed by atoms with Crippen LogP contribution < -0.4 is 5.32 Å². The molecule has 2 amide bonds. The maximum atomic E-state index is 12.5. The second kappa shape index (κ2) is 9.61. The van der Waals surface area contributed by atoms with Crippen molar-refractivity contribution in [3.8, 4) is 12.1 Å². The normalized spacial score (nSPS) is 10.8. The van der Waals surface area contributed by atoms with Crippen LogP contribution in [0.4, 0.5) is 0 Å². The van der Waals surface area contributed by atoms with Gasteiger partial charge in [0.2, 0.25) is 5.91 Å². The first kappa shape index (κ1) is 18.7. The molecule has 2 rings (SSSR count). The lowest BCUT2D eigenvalue weighted by Crippen LogP contribution is -2.37. The fraction of sp³-hybridized carbons (Fsp3) is 0.200. The van der Waals surface area contributed by atoms with E-state index in [1.54, 1.807) is 24.3 Å². The first-order chi connectivity index (χ1) is 12.7. The Bertz CT molecular complexity index is 806. The molecule has 2 aromatic rings. The number of rotatable bonds is 7. The standard InChI is InChI=1S/C20H18N4O2/c21-11-13-24(14-12-22)19(25)15-18(16-7-3-1-4-8-16)23-20(26)17-9-5-2-6-10-17/h1-10,18H,13-15H2,(H,23,26)/t18-/m1/s1. The molecule has 1 atom stereocenters. The average molecular weight is 346 g/mol. The highest BCUT2D eigenvalue weighted by Gasteiger charge is 2.22. The Kier molecular flexibility index (Phi) is 6.91. The number of benzene rings is 2. The highest BCUT2D eigenvalue weighted by Crippen LogP contribution is 2.19. The second-order valence-corrected chi connectivity index (χ2v) is 5.57. The van der Waals surface area contributed by atoms with Crippen LogP contribution in [0, 0.1) is 22.7 Å². The Labute approximate surface area is 152 Å². The summed E-state index contributed by atoms with van der Waals surface area (Å²) in [4.78, 5) is 26.2. The molecule has 6 heteroatoms. The lowest BCUT2D eigenvalue weighted by Gasteiger charge is -2.22. The average Bonchev–Trinajstić information content (AvgIpc) is 2.68. The van der Waals surface area contributed by atoms with E-state index >= 15 is 0 Å². The maximum Gasteiger partial charge on any atom is 0.251 e. The summed E-state index contributed by atoms with van der Waals surface area (Å²) in [6, 6.07) is 21.1. The molecule has 0 aliphatic heterocycles. The summed E-state index contributed by atoms with van der Waals surface area (Å²) >= 11 is 0. The Hall–Kier alpha value is -3.64. The van der Waals surface area contributed by atoms with Gasteiger partial charge in [0.15, 0.2) is 0 Å². The van der Waals surface area contributed by atoms with Gasteiger partial charge < -0.3 is 10.2 Å². The van der Waals surface area contributed by atoms with E-state index in [-0.39, 0.29) is 31.3 Å². The molecule has 0 heterocycles. The van der Waals surface area contributed by atoms with Crippen molar-refractivity contribution in [2.75, 3.05) is 13.1 Å². The van der Waals surface area contributed by atoms with E-state index < -0.39 is 6.04 Å². The van der Waals surface area contributed by atoms with Crippen molar-refractivity contribution in [2.45, 2.75) is 12.5 Å². The zero-order chi connectivity index (χ0) is 18.8. The fourth-order valence-electron chi connectivity index (χ4n) is 2.48.